The zero-order valence-electron chi connectivity index (χ0n) is 9.34. The number of rotatable bonds is 2. The van der Waals surface area contributed by atoms with Gasteiger partial charge in [0, 0.05) is 20.7 Å². The summed E-state index contributed by atoms with van der Waals surface area (Å²) in [6.07, 6.45) is 2.44. The molecule has 16 heavy (non-hydrogen) atoms. The summed E-state index contributed by atoms with van der Waals surface area (Å²) in [4.78, 5) is 2.38. The first kappa shape index (κ1) is 12.4. The van der Waals surface area contributed by atoms with E-state index in [1.54, 1.807) is 0 Å². The van der Waals surface area contributed by atoms with Gasteiger partial charge in [-0.2, -0.15) is 0 Å². The van der Waals surface area contributed by atoms with Crippen LogP contribution in [0.3, 0.4) is 0 Å². The topological polar surface area (TPSA) is 15.3 Å². The Bertz CT molecular complexity index is 360. The van der Waals surface area contributed by atoms with E-state index in [2.05, 4.69) is 67.3 Å². The minimum absolute atomic E-state index is 0.605. The highest BCUT2D eigenvalue weighted by molar-refractivity contribution is 9.11. The first-order valence-corrected chi connectivity index (χ1v) is 7.14. The van der Waals surface area contributed by atoms with E-state index in [9.17, 15) is 0 Å². The summed E-state index contributed by atoms with van der Waals surface area (Å²) < 4.78 is 2.23. The molecule has 1 N–H and O–H groups in total. The average Bonchev–Trinajstić information content (AvgIpc) is 2.25. The maximum absolute atomic E-state index is 3.60. The van der Waals surface area contributed by atoms with Gasteiger partial charge in [0.1, 0.15) is 0 Å². The summed E-state index contributed by atoms with van der Waals surface area (Å²) in [6, 6.07) is 6.87. The van der Waals surface area contributed by atoms with Crippen molar-refractivity contribution in [3.05, 3.63) is 27.1 Å². The van der Waals surface area contributed by atoms with Crippen LogP contribution < -0.4 is 5.32 Å². The number of piperidine rings is 1. The number of hydrogen-bond donors (Lipinski definition) is 1. The normalized spacial score (nSPS) is 18.7. The second kappa shape index (κ2) is 5.52. The van der Waals surface area contributed by atoms with E-state index in [0.717, 1.165) is 8.95 Å². The van der Waals surface area contributed by atoms with Crippen LogP contribution in [0.4, 0.5) is 5.69 Å². The second-order valence-electron chi connectivity index (χ2n) is 4.35. The molecular weight excluding hydrogens is 332 g/mol. The number of likely N-dealkylation sites (tertiary alicyclic amines) is 1. The Morgan fingerprint density at radius 3 is 2.56 bits per heavy atom. The fourth-order valence-electron chi connectivity index (χ4n) is 1.98. The van der Waals surface area contributed by atoms with Crippen molar-refractivity contribution < 1.29 is 0 Å². The summed E-state index contributed by atoms with van der Waals surface area (Å²) in [6.45, 7) is 2.37. The van der Waals surface area contributed by atoms with Crippen molar-refractivity contribution in [2.75, 3.05) is 25.5 Å². The highest BCUT2D eigenvalue weighted by atomic mass is 79.9. The predicted octanol–water partition coefficient (Wildman–Crippen LogP) is 3.72. The first-order valence-electron chi connectivity index (χ1n) is 5.55. The van der Waals surface area contributed by atoms with Crippen molar-refractivity contribution >= 4 is 37.5 Å². The van der Waals surface area contributed by atoms with E-state index in [4.69, 9.17) is 0 Å². The van der Waals surface area contributed by atoms with Crippen molar-refractivity contribution in [1.29, 1.82) is 0 Å². The van der Waals surface area contributed by atoms with E-state index in [-0.39, 0.29) is 0 Å². The van der Waals surface area contributed by atoms with Crippen LogP contribution in [0.5, 0.6) is 0 Å². The standard InChI is InChI=1S/C12H16Br2N2/c1-16-6-4-10(5-7-16)15-12-3-2-9(13)8-11(12)14/h2-3,8,10,15H,4-7H2,1H3. The number of hydrogen-bond acceptors (Lipinski definition) is 2. The van der Waals surface area contributed by atoms with Crippen LogP contribution in [0.2, 0.25) is 0 Å². The fraction of sp³-hybridized carbons (Fsp3) is 0.500. The molecule has 0 aliphatic carbocycles. The summed E-state index contributed by atoms with van der Waals surface area (Å²) in [5.41, 5.74) is 1.19. The molecule has 0 amide bonds. The van der Waals surface area contributed by atoms with Crippen LogP contribution in [0, 0.1) is 0 Å². The lowest BCUT2D eigenvalue weighted by Gasteiger charge is -2.30. The Kier molecular flexibility index (Phi) is 4.27. The Balaban J connectivity index is 1.98. The fourth-order valence-corrected chi connectivity index (χ4v) is 3.14. The van der Waals surface area contributed by atoms with Crippen LogP contribution in [0.15, 0.2) is 27.1 Å². The summed E-state index contributed by atoms with van der Waals surface area (Å²) in [5, 5.41) is 3.60. The molecule has 0 bridgehead atoms. The molecule has 1 saturated heterocycles. The van der Waals surface area contributed by atoms with Gasteiger partial charge in [-0.3, -0.25) is 0 Å². The molecule has 2 nitrogen and oxygen atoms in total. The SMILES string of the molecule is CN1CCC(Nc2ccc(Br)cc2Br)CC1. The van der Waals surface area contributed by atoms with E-state index >= 15 is 0 Å². The Labute approximate surface area is 114 Å². The molecule has 1 aromatic carbocycles. The van der Waals surface area contributed by atoms with Gasteiger partial charge >= 0.3 is 0 Å². The van der Waals surface area contributed by atoms with Crippen LogP contribution >= 0.6 is 31.9 Å². The lowest BCUT2D eigenvalue weighted by Crippen LogP contribution is -2.36. The van der Waals surface area contributed by atoms with Crippen molar-refractivity contribution in [2.24, 2.45) is 0 Å². The molecule has 0 unspecified atom stereocenters. The van der Waals surface area contributed by atoms with Gasteiger partial charge in [0.15, 0.2) is 0 Å². The van der Waals surface area contributed by atoms with Crippen LogP contribution in [0.25, 0.3) is 0 Å². The van der Waals surface area contributed by atoms with E-state index in [1.807, 2.05) is 0 Å². The molecule has 0 spiro atoms. The van der Waals surface area contributed by atoms with Crippen LogP contribution in [0.1, 0.15) is 12.8 Å². The highest BCUT2D eigenvalue weighted by Crippen LogP contribution is 2.27. The van der Waals surface area contributed by atoms with Gasteiger partial charge in [0.25, 0.3) is 0 Å². The van der Waals surface area contributed by atoms with Gasteiger partial charge < -0.3 is 10.2 Å². The first-order chi connectivity index (χ1) is 7.65. The van der Waals surface area contributed by atoms with E-state index in [0.29, 0.717) is 6.04 Å². The molecule has 1 fully saturated rings. The Morgan fingerprint density at radius 2 is 1.94 bits per heavy atom. The zero-order chi connectivity index (χ0) is 11.5. The highest BCUT2D eigenvalue weighted by Gasteiger charge is 2.16. The molecule has 4 heteroatoms. The number of nitrogens with one attached hydrogen (secondary N) is 1. The molecular formula is C12H16Br2N2. The minimum atomic E-state index is 0.605. The van der Waals surface area contributed by atoms with Gasteiger partial charge in [-0.1, -0.05) is 15.9 Å². The zero-order valence-corrected chi connectivity index (χ0v) is 12.5. The number of anilines is 1. The third-order valence-corrected chi connectivity index (χ3v) is 4.16. The summed E-state index contributed by atoms with van der Waals surface area (Å²) >= 11 is 7.05. The van der Waals surface area contributed by atoms with Crippen LogP contribution in [-0.4, -0.2) is 31.1 Å². The number of nitrogens with zero attached hydrogens (tertiary/aromatic N) is 1. The van der Waals surface area contributed by atoms with Crippen molar-refractivity contribution in [3.8, 4) is 0 Å². The molecule has 0 atom stereocenters. The second-order valence-corrected chi connectivity index (χ2v) is 6.12. The maximum Gasteiger partial charge on any atom is 0.0487 e. The van der Waals surface area contributed by atoms with Crippen molar-refractivity contribution in [1.82, 2.24) is 4.90 Å². The molecule has 1 aliphatic rings. The van der Waals surface area contributed by atoms with Gasteiger partial charge in [-0.05, 0) is 67.1 Å². The molecule has 0 aromatic heterocycles. The van der Waals surface area contributed by atoms with E-state index < -0.39 is 0 Å². The van der Waals surface area contributed by atoms with Crippen LogP contribution in [-0.2, 0) is 0 Å². The molecule has 1 aromatic rings. The Morgan fingerprint density at radius 1 is 1.25 bits per heavy atom. The molecule has 1 aliphatic heterocycles. The maximum atomic E-state index is 3.60. The quantitative estimate of drug-likeness (QED) is 0.877. The van der Waals surface area contributed by atoms with Crippen molar-refractivity contribution in [2.45, 2.75) is 18.9 Å². The average molecular weight is 348 g/mol. The molecule has 0 saturated carbocycles. The number of halogens is 2. The Hall–Kier alpha value is -0.0600. The third kappa shape index (κ3) is 3.22. The molecule has 0 radical (unpaired) electrons. The van der Waals surface area contributed by atoms with Gasteiger partial charge in [-0.15, -0.1) is 0 Å². The summed E-state index contributed by atoms with van der Waals surface area (Å²) in [7, 11) is 2.19. The molecule has 88 valence electrons. The molecule has 1 heterocycles. The third-order valence-electron chi connectivity index (χ3n) is 3.01. The van der Waals surface area contributed by atoms with Gasteiger partial charge in [0.05, 0.1) is 0 Å². The molecule has 2 rings (SSSR count). The largest absolute Gasteiger partial charge is 0.381 e. The van der Waals surface area contributed by atoms with Crippen molar-refractivity contribution in [3.63, 3.8) is 0 Å². The smallest absolute Gasteiger partial charge is 0.0487 e. The number of benzene rings is 1. The lowest BCUT2D eigenvalue weighted by atomic mass is 10.1. The summed E-state index contributed by atoms with van der Waals surface area (Å²) in [5.74, 6) is 0. The monoisotopic (exact) mass is 346 g/mol. The lowest BCUT2D eigenvalue weighted by molar-refractivity contribution is 0.264. The van der Waals surface area contributed by atoms with Gasteiger partial charge in [0.2, 0.25) is 0 Å². The van der Waals surface area contributed by atoms with Gasteiger partial charge in [-0.25, -0.2) is 0 Å². The minimum Gasteiger partial charge on any atom is -0.381 e. The predicted molar refractivity (Wildman–Crippen MR) is 76.0 cm³/mol. The van der Waals surface area contributed by atoms with E-state index in [1.165, 1.54) is 31.6 Å².